The molecule has 3 heteroatoms. The number of rotatable bonds is 6. The van der Waals surface area contributed by atoms with Gasteiger partial charge in [-0.25, -0.2) is 0 Å². The first-order valence-corrected chi connectivity index (χ1v) is 20.4. The Hall–Kier alpha value is -6.42. The van der Waals surface area contributed by atoms with Gasteiger partial charge in [-0.05, 0) is 117 Å². The number of para-hydroxylation sites is 2. The summed E-state index contributed by atoms with van der Waals surface area (Å²) in [5, 5.41) is 3.83. The first-order valence-electron chi connectivity index (χ1n) is 19.6. The molecule has 0 saturated carbocycles. The first kappa shape index (κ1) is 33.0. The van der Waals surface area contributed by atoms with Crippen LogP contribution in [-0.2, 0) is 5.41 Å². The first-order chi connectivity index (χ1) is 27.5. The third-order valence-corrected chi connectivity index (χ3v) is 13.5. The lowest BCUT2D eigenvalue weighted by molar-refractivity contribution is 0.392. The van der Waals surface area contributed by atoms with E-state index in [4.69, 9.17) is 0 Å². The predicted octanol–water partition coefficient (Wildman–Crippen LogP) is 14.6. The summed E-state index contributed by atoms with van der Waals surface area (Å²) in [6.07, 6.45) is 7.33. The van der Waals surface area contributed by atoms with Crippen LogP contribution in [0.3, 0.4) is 0 Å². The fourth-order valence-electron chi connectivity index (χ4n) is 9.48. The van der Waals surface area contributed by atoms with E-state index in [0.717, 1.165) is 11.4 Å². The van der Waals surface area contributed by atoms with Gasteiger partial charge in [-0.2, -0.15) is 0 Å². The maximum absolute atomic E-state index is 2.54. The van der Waals surface area contributed by atoms with E-state index in [1.807, 2.05) is 11.3 Å². The zero-order valence-corrected chi connectivity index (χ0v) is 32.2. The Balaban J connectivity index is 0.991. The highest BCUT2D eigenvalue weighted by atomic mass is 32.1. The van der Waals surface area contributed by atoms with Crippen molar-refractivity contribution in [1.29, 1.82) is 0 Å². The van der Waals surface area contributed by atoms with Crippen molar-refractivity contribution in [3.05, 3.63) is 211 Å². The summed E-state index contributed by atoms with van der Waals surface area (Å²) >= 11 is 1.86. The van der Waals surface area contributed by atoms with E-state index < -0.39 is 0 Å². The molecule has 0 N–H and O–H groups in total. The molecule has 2 aromatic heterocycles. The van der Waals surface area contributed by atoms with Gasteiger partial charge in [0.25, 0.3) is 0 Å². The molecule has 11 rings (SSSR count). The van der Waals surface area contributed by atoms with E-state index in [-0.39, 0.29) is 5.41 Å². The van der Waals surface area contributed by atoms with Crippen molar-refractivity contribution in [2.75, 3.05) is 4.90 Å². The fraction of sp³-hybridized carbons (Fsp3) is 0.0943. The summed E-state index contributed by atoms with van der Waals surface area (Å²) in [4.78, 5) is 3.74. The highest BCUT2D eigenvalue weighted by molar-refractivity contribution is 7.22. The van der Waals surface area contributed by atoms with Crippen molar-refractivity contribution in [3.8, 4) is 27.3 Å². The summed E-state index contributed by atoms with van der Waals surface area (Å²) in [5.74, 6) is 0.747. The Morgan fingerprint density at radius 1 is 0.571 bits per heavy atom. The van der Waals surface area contributed by atoms with Crippen LogP contribution in [0, 0.1) is 5.92 Å². The average molecular weight is 737 g/mol. The molecule has 56 heavy (non-hydrogen) atoms. The third-order valence-electron chi connectivity index (χ3n) is 12.3. The summed E-state index contributed by atoms with van der Waals surface area (Å²) in [6.45, 7) is 4.83. The van der Waals surface area contributed by atoms with E-state index >= 15 is 0 Å². The lowest BCUT2D eigenvalue weighted by Crippen LogP contribution is -2.28. The minimum absolute atomic E-state index is 0.0279. The van der Waals surface area contributed by atoms with E-state index in [2.05, 4.69) is 217 Å². The second kappa shape index (κ2) is 12.8. The Morgan fingerprint density at radius 3 is 2.04 bits per heavy atom. The molecular formula is C53H40N2S. The molecule has 0 radical (unpaired) electrons. The normalized spacial score (nSPS) is 16.9. The smallest absolute Gasteiger partial charge is 0.0541 e. The van der Waals surface area contributed by atoms with Gasteiger partial charge < -0.3 is 9.47 Å². The second-order valence-electron chi connectivity index (χ2n) is 15.8. The Labute approximate surface area is 331 Å². The zero-order valence-electron chi connectivity index (χ0n) is 31.4. The van der Waals surface area contributed by atoms with Crippen LogP contribution in [-0.4, -0.2) is 4.57 Å². The lowest BCUT2D eigenvalue weighted by Gasteiger charge is -2.34. The van der Waals surface area contributed by atoms with Crippen LogP contribution < -0.4 is 4.90 Å². The molecule has 2 atom stereocenters. The van der Waals surface area contributed by atoms with Crippen molar-refractivity contribution in [2.45, 2.75) is 25.2 Å². The quantitative estimate of drug-likeness (QED) is 0.165. The number of anilines is 2. The maximum atomic E-state index is 2.54. The van der Waals surface area contributed by atoms with Crippen molar-refractivity contribution in [2.24, 2.45) is 5.92 Å². The number of hydrogen-bond acceptors (Lipinski definition) is 2. The van der Waals surface area contributed by atoms with E-state index in [1.54, 1.807) is 0 Å². The summed E-state index contributed by atoms with van der Waals surface area (Å²) in [6, 6.07) is 64.7. The highest BCUT2D eigenvalue weighted by Gasteiger charge is 2.45. The molecule has 7 aromatic carbocycles. The van der Waals surface area contributed by atoms with Gasteiger partial charge in [0.2, 0.25) is 0 Å². The number of fused-ring (bicyclic) bond motifs is 7. The van der Waals surface area contributed by atoms with Gasteiger partial charge in [-0.1, -0.05) is 135 Å². The van der Waals surface area contributed by atoms with E-state index in [9.17, 15) is 0 Å². The Morgan fingerprint density at radius 2 is 1.23 bits per heavy atom. The predicted molar refractivity (Wildman–Crippen MR) is 239 cm³/mol. The lowest BCUT2D eigenvalue weighted by atomic mass is 9.74. The fourth-order valence-corrected chi connectivity index (χ4v) is 10.5. The molecule has 0 spiro atoms. The average Bonchev–Trinajstić information content (AvgIpc) is 3.90. The van der Waals surface area contributed by atoms with Crippen molar-refractivity contribution >= 4 is 54.6 Å². The molecular weight excluding hydrogens is 697 g/mol. The number of thiophene rings is 1. The summed E-state index contributed by atoms with van der Waals surface area (Å²) < 4.78 is 3.70. The molecule has 2 aliphatic carbocycles. The minimum Gasteiger partial charge on any atom is -0.311 e. The zero-order chi connectivity index (χ0) is 37.4. The van der Waals surface area contributed by atoms with Crippen LogP contribution in [0.1, 0.15) is 30.9 Å². The topological polar surface area (TPSA) is 8.17 Å². The number of allylic oxidation sites excluding steroid dienone is 3. The Bertz CT molecular complexity index is 2960. The molecule has 0 amide bonds. The highest BCUT2D eigenvalue weighted by Crippen LogP contribution is 2.54. The SMILES string of the molecule is CC1(C)c2ccccc2C2C=CC(N(c3ccc(-c4ccc5c(c4)c4ccccc4n5-c4ccccc4)cc3)c3ccc(-c4cc5ccccc5s4)cc3)=CC21. The van der Waals surface area contributed by atoms with Crippen LogP contribution in [0.5, 0.6) is 0 Å². The van der Waals surface area contributed by atoms with E-state index in [0.29, 0.717) is 11.8 Å². The van der Waals surface area contributed by atoms with Gasteiger partial charge in [0.05, 0.1) is 11.0 Å². The molecule has 0 aliphatic heterocycles. The largest absolute Gasteiger partial charge is 0.311 e. The third kappa shape index (κ3) is 5.22. The summed E-state index contributed by atoms with van der Waals surface area (Å²) in [5.41, 5.74) is 13.7. The molecule has 0 fully saturated rings. The molecule has 2 nitrogen and oxygen atoms in total. The van der Waals surface area contributed by atoms with Gasteiger partial charge in [-0.15, -0.1) is 11.3 Å². The molecule has 2 aliphatic rings. The van der Waals surface area contributed by atoms with Crippen LogP contribution in [0.2, 0.25) is 0 Å². The van der Waals surface area contributed by atoms with Gasteiger partial charge in [-0.3, -0.25) is 0 Å². The molecule has 2 heterocycles. The number of nitrogens with zero attached hydrogens (tertiary/aromatic N) is 2. The molecule has 9 aromatic rings. The van der Waals surface area contributed by atoms with Gasteiger partial charge >= 0.3 is 0 Å². The van der Waals surface area contributed by atoms with E-state index in [1.165, 1.54) is 76.0 Å². The number of benzene rings is 7. The molecule has 0 saturated heterocycles. The minimum atomic E-state index is 0.0279. The number of hydrogen-bond donors (Lipinski definition) is 0. The van der Waals surface area contributed by atoms with Crippen molar-refractivity contribution in [3.63, 3.8) is 0 Å². The molecule has 268 valence electrons. The molecule has 2 unspecified atom stereocenters. The van der Waals surface area contributed by atoms with Gasteiger partial charge in [0.15, 0.2) is 0 Å². The van der Waals surface area contributed by atoms with Crippen LogP contribution >= 0.6 is 11.3 Å². The number of aromatic nitrogens is 1. The van der Waals surface area contributed by atoms with Crippen LogP contribution in [0.15, 0.2) is 200 Å². The van der Waals surface area contributed by atoms with Crippen molar-refractivity contribution < 1.29 is 0 Å². The maximum Gasteiger partial charge on any atom is 0.0541 e. The standard InChI is InChI=1S/C53H40N2S/c1-53(2)47-17-9-7-15-43(47)44-30-29-42(34-48(44)53)54(41-27-22-36(23-28-41)52-33-38-12-6-11-19-51(38)56-52)40-25-20-35(21-26-40)37-24-31-50-46(32-37)45-16-8-10-18-49(45)55(50)39-13-4-3-5-14-39/h3-34,44,48H,1-2H3. The summed E-state index contributed by atoms with van der Waals surface area (Å²) in [7, 11) is 0. The Kier molecular flexibility index (Phi) is 7.55. The monoisotopic (exact) mass is 736 g/mol. The molecule has 0 bridgehead atoms. The van der Waals surface area contributed by atoms with Crippen LogP contribution in [0.4, 0.5) is 11.4 Å². The van der Waals surface area contributed by atoms with Crippen molar-refractivity contribution in [1.82, 2.24) is 4.57 Å². The van der Waals surface area contributed by atoms with Crippen LogP contribution in [0.25, 0.3) is 59.1 Å². The second-order valence-corrected chi connectivity index (χ2v) is 16.9. The van der Waals surface area contributed by atoms with Gasteiger partial charge in [0, 0.05) is 49.0 Å². The van der Waals surface area contributed by atoms with Gasteiger partial charge in [0.1, 0.15) is 0 Å².